The number of para-hydroxylation sites is 1. The second kappa shape index (κ2) is 9.60. The topological polar surface area (TPSA) is 55.4 Å². The first-order valence-corrected chi connectivity index (χ1v) is 10.4. The molecule has 1 aliphatic rings. The Labute approximate surface area is 164 Å². The first-order valence-electron chi connectivity index (χ1n) is 9.54. The summed E-state index contributed by atoms with van der Waals surface area (Å²) in [5.74, 6) is -0.149. The second-order valence-electron chi connectivity index (χ2n) is 6.56. The van der Waals surface area contributed by atoms with E-state index in [2.05, 4.69) is 23.5 Å². The molecule has 0 unspecified atom stereocenters. The lowest BCUT2D eigenvalue weighted by Gasteiger charge is -2.12. The van der Waals surface area contributed by atoms with Gasteiger partial charge in [-0.2, -0.15) is 0 Å². The lowest BCUT2D eigenvalue weighted by molar-refractivity contribution is -0.143. The number of benzene rings is 2. The molecule has 0 bridgehead atoms. The van der Waals surface area contributed by atoms with E-state index in [1.807, 2.05) is 31.2 Å². The van der Waals surface area contributed by atoms with Crippen LogP contribution in [0.4, 0.5) is 5.69 Å². The summed E-state index contributed by atoms with van der Waals surface area (Å²) in [7, 11) is 0. The number of ether oxygens (including phenoxy) is 1. The summed E-state index contributed by atoms with van der Waals surface area (Å²) in [6, 6.07) is 13.9. The smallest absolute Gasteiger partial charge is 0.305 e. The lowest BCUT2D eigenvalue weighted by Crippen LogP contribution is -2.13. The number of anilines is 1. The fraction of sp³-hybridized carbons (Fsp3) is 0.364. The van der Waals surface area contributed by atoms with Gasteiger partial charge in [-0.05, 0) is 49.9 Å². The monoisotopic (exact) mass is 383 g/mol. The van der Waals surface area contributed by atoms with Crippen molar-refractivity contribution in [3.8, 4) is 0 Å². The summed E-state index contributed by atoms with van der Waals surface area (Å²) in [6.45, 7) is 2.28. The van der Waals surface area contributed by atoms with E-state index in [4.69, 9.17) is 4.74 Å². The minimum atomic E-state index is -0.106. The molecule has 2 aromatic carbocycles. The maximum Gasteiger partial charge on any atom is 0.305 e. The summed E-state index contributed by atoms with van der Waals surface area (Å²) in [5, 5.41) is 3.11. The molecule has 1 aliphatic heterocycles. The Kier molecular flexibility index (Phi) is 6.93. The summed E-state index contributed by atoms with van der Waals surface area (Å²) >= 11 is 1.64. The van der Waals surface area contributed by atoms with Crippen LogP contribution in [0.2, 0.25) is 0 Å². The summed E-state index contributed by atoms with van der Waals surface area (Å²) < 4.78 is 4.95. The summed E-state index contributed by atoms with van der Waals surface area (Å²) in [5.41, 5.74) is 2.84. The molecule has 0 aliphatic carbocycles. The van der Waals surface area contributed by atoms with Crippen LogP contribution in [0.1, 0.15) is 54.9 Å². The molecule has 2 aromatic rings. The number of hydrogen-bond donors (Lipinski definition) is 1. The molecular formula is C22H25NO3S. The maximum absolute atomic E-state index is 12.6. The van der Waals surface area contributed by atoms with Crippen LogP contribution in [-0.2, 0) is 16.0 Å². The lowest BCUT2D eigenvalue weighted by atomic mass is 10.0. The molecule has 4 nitrogen and oxygen atoms in total. The van der Waals surface area contributed by atoms with E-state index in [0.29, 0.717) is 13.0 Å². The van der Waals surface area contributed by atoms with E-state index in [9.17, 15) is 9.59 Å². The fourth-order valence-corrected chi connectivity index (χ4v) is 4.31. The largest absolute Gasteiger partial charge is 0.466 e. The number of fused-ring (bicyclic) bond motifs is 2. The van der Waals surface area contributed by atoms with Crippen LogP contribution in [0.25, 0.3) is 0 Å². The third-order valence-corrected chi connectivity index (χ3v) is 5.72. The molecular weight excluding hydrogens is 358 g/mol. The van der Waals surface area contributed by atoms with E-state index >= 15 is 0 Å². The molecule has 0 radical (unpaired) electrons. The van der Waals surface area contributed by atoms with Gasteiger partial charge in [0.05, 0.1) is 17.9 Å². The number of carbonyl (C=O) groups is 2. The van der Waals surface area contributed by atoms with Gasteiger partial charge in [-0.1, -0.05) is 48.9 Å². The van der Waals surface area contributed by atoms with Gasteiger partial charge in [0.15, 0.2) is 0 Å². The normalized spacial score (nSPS) is 12.6. The maximum atomic E-state index is 12.6. The van der Waals surface area contributed by atoms with Gasteiger partial charge < -0.3 is 10.1 Å². The molecule has 1 heterocycles. The molecule has 1 amide bonds. The number of aryl methyl sites for hydroxylation is 1. The van der Waals surface area contributed by atoms with Crippen molar-refractivity contribution in [2.24, 2.45) is 0 Å². The Hall–Kier alpha value is -2.27. The predicted molar refractivity (Wildman–Crippen MR) is 108 cm³/mol. The number of carbonyl (C=O) groups excluding carboxylic acids is 2. The molecule has 0 atom stereocenters. The minimum absolute atomic E-state index is 0.0428. The van der Waals surface area contributed by atoms with E-state index in [1.165, 1.54) is 5.56 Å². The number of nitrogens with one attached hydrogen (secondary N) is 1. The minimum Gasteiger partial charge on any atom is -0.466 e. The quantitative estimate of drug-likeness (QED) is 0.486. The van der Waals surface area contributed by atoms with Gasteiger partial charge >= 0.3 is 5.97 Å². The molecule has 0 aromatic heterocycles. The van der Waals surface area contributed by atoms with Gasteiger partial charge in [0.25, 0.3) is 5.91 Å². The summed E-state index contributed by atoms with van der Waals surface area (Å²) in [6.07, 6.45) is 5.39. The highest BCUT2D eigenvalue weighted by Crippen LogP contribution is 2.40. The van der Waals surface area contributed by atoms with Gasteiger partial charge in [-0.15, -0.1) is 0 Å². The van der Waals surface area contributed by atoms with Crippen molar-refractivity contribution in [2.45, 2.75) is 55.2 Å². The summed E-state index contributed by atoms with van der Waals surface area (Å²) in [4.78, 5) is 26.0. The highest BCUT2D eigenvalue weighted by Gasteiger charge is 2.21. The SMILES string of the molecule is CCOC(=O)CCCCCCc1cccc2c1NC(=O)c1ccccc1S2. The number of rotatable bonds is 8. The zero-order valence-electron chi connectivity index (χ0n) is 15.6. The van der Waals surface area contributed by atoms with Crippen molar-refractivity contribution in [3.05, 3.63) is 53.6 Å². The fourth-order valence-electron chi connectivity index (χ4n) is 3.23. The molecule has 142 valence electrons. The zero-order valence-corrected chi connectivity index (χ0v) is 16.4. The number of esters is 1. The van der Waals surface area contributed by atoms with Crippen LogP contribution in [0.15, 0.2) is 52.3 Å². The Bertz CT molecular complexity index is 819. The van der Waals surface area contributed by atoms with Crippen molar-refractivity contribution in [1.29, 1.82) is 0 Å². The van der Waals surface area contributed by atoms with E-state index in [-0.39, 0.29) is 11.9 Å². The van der Waals surface area contributed by atoms with Crippen LogP contribution in [0.5, 0.6) is 0 Å². The number of hydrogen-bond acceptors (Lipinski definition) is 4. The molecule has 5 heteroatoms. The molecule has 3 rings (SSSR count). The van der Waals surface area contributed by atoms with E-state index in [0.717, 1.165) is 53.1 Å². The van der Waals surface area contributed by atoms with Crippen molar-refractivity contribution in [2.75, 3.05) is 11.9 Å². The Morgan fingerprint density at radius 1 is 1.00 bits per heavy atom. The van der Waals surface area contributed by atoms with Gasteiger partial charge in [0.2, 0.25) is 0 Å². The standard InChI is InChI=1S/C22H25NO3S/c1-2-26-20(24)15-6-4-3-5-10-16-11-9-14-19-21(16)23-22(25)17-12-7-8-13-18(17)27-19/h7-9,11-14H,2-6,10,15H2,1H3,(H,23,25). The first-order chi connectivity index (χ1) is 13.2. The Balaban J connectivity index is 1.57. The van der Waals surface area contributed by atoms with Crippen molar-refractivity contribution >= 4 is 29.3 Å². The zero-order chi connectivity index (χ0) is 19.1. The Morgan fingerprint density at radius 3 is 2.63 bits per heavy atom. The van der Waals surface area contributed by atoms with Crippen LogP contribution in [0.3, 0.4) is 0 Å². The molecule has 0 saturated heterocycles. The van der Waals surface area contributed by atoms with Crippen LogP contribution < -0.4 is 5.32 Å². The number of amides is 1. The molecule has 27 heavy (non-hydrogen) atoms. The molecule has 1 N–H and O–H groups in total. The molecule has 0 fully saturated rings. The van der Waals surface area contributed by atoms with Crippen molar-refractivity contribution in [3.63, 3.8) is 0 Å². The van der Waals surface area contributed by atoms with Crippen LogP contribution in [0, 0.1) is 0 Å². The van der Waals surface area contributed by atoms with Crippen molar-refractivity contribution in [1.82, 2.24) is 0 Å². The molecule has 0 spiro atoms. The average molecular weight is 384 g/mol. The van der Waals surface area contributed by atoms with Crippen molar-refractivity contribution < 1.29 is 14.3 Å². The first kappa shape index (κ1) is 19.5. The van der Waals surface area contributed by atoms with E-state index < -0.39 is 0 Å². The third-order valence-electron chi connectivity index (χ3n) is 4.58. The second-order valence-corrected chi connectivity index (χ2v) is 7.65. The number of unbranched alkanes of at least 4 members (excludes halogenated alkanes) is 3. The Morgan fingerprint density at radius 2 is 1.78 bits per heavy atom. The van der Waals surface area contributed by atoms with E-state index in [1.54, 1.807) is 11.8 Å². The van der Waals surface area contributed by atoms with Gasteiger partial charge in [-0.3, -0.25) is 9.59 Å². The van der Waals surface area contributed by atoms with Crippen LogP contribution in [-0.4, -0.2) is 18.5 Å². The highest BCUT2D eigenvalue weighted by molar-refractivity contribution is 7.99. The van der Waals surface area contributed by atoms with Gasteiger partial charge in [0.1, 0.15) is 0 Å². The molecule has 0 saturated carbocycles. The average Bonchev–Trinajstić information content (AvgIpc) is 2.81. The van der Waals surface area contributed by atoms with Gasteiger partial charge in [0, 0.05) is 16.2 Å². The third kappa shape index (κ3) is 5.13. The van der Waals surface area contributed by atoms with Gasteiger partial charge in [-0.25, -0.2) is 0 Å². The van der Waals surface area contributed by atoms with Crippen LogP contribution >= 0.6 is 11.8 Å². The predicted octanol–water partition coefficient (Wildman–Crippen LogP) is 5.46. The highest BCUT2D eigenvalue weighted by atomic mass is 32.2.